The third kappa shape index (κ3) is 1.54. The van der Waals surface area contributed by atoms with Crippen molar-refractivity contribution in [3.63, 3.8) is 0 Å². The monoisotopic (exact) mass is 175 g/mol. The standard InChI is InChI=1S/C10H9NO2/c1-7-5-10(13-11-7)8-3-2-4-9(12)6-8/h2-6,12H,1H3. The van der Waals surface area contributed by atoms with E-state index < -0.39 is 0 Å². The summed E-state index contributed by atoms with van der Waals surface area (Å²) >= 11 is 0. The van der Waals surface area contributed by atoms with Gasteiger partial charge in [-0.05, 0) is 19.1 Å². The third-order valence-electron chi connectivity index (χ3n) is 1.76. The van der Waals surface area contributed by atoms with Gasteiger partial charge >= 0.3 is 0 Å². The first-order valence-electron chi connectivity index (χ1n) is 3.98. The van der Waals surface area contributed by atoms with E-state index >= 15 is 0 Å². The molecule has 0 aliphatic rings. The first-order chi connectivity index (χ1) is 6.25. The molecule has 0 spiro atoms. The summed E-state index contributed by atoms with van der Waals surface area (Å²) in [4.78, 5) is 0. The minimum Gasteiger partial charge on any atom is -0.508 e. The Morgan fingerprint density at radius 3 is 2.77 bits per heavy atom. The molecule has 0 amide bonds. The summed E-state index contributed by atoms with van der Waals surface area (Å²) in [5, 5.41) is 13.0. The molecular weight excluding hydrogens is 166 g/mol. The molecule has 2 aromatic rings. The SMILES string of the molecule is Cc1cc(-c2cccc(O)c2)on1. The lowest BCUT2D eigenvalue weighted by atomic mass is 10.1. The van der Waals surface area contributed by atoms with Crippen LogP contribution in [0.1, 0.15) is 5.69 Å². The highest BCUT2D eigenvalue weighted by Crippen LogP contribution is 2.23. The third-order valence-corrected chi connectivity index (χ3v) is 1.76. The highest BCUT2D eigenvalue weighted by atomic mass is 16.5. The maximum Gasteiger partial charge on any atom is 0.167 e. The molecule has 0 saturated heterocycles. The van der Waals surface area contributed by atoms with Gasteiger partial charge in [0.15, 0.2) is 5.76 Å². The molecule has 3 heteroatoms. The Bertz CT molecular complexity index is 420. The van der Waals surface area contributed by atoms with Crippen molar-refractivity contribution in [3.05, 3.63) is 36.0 Å². The van der Waals surface area contributed by atoms with Gasteiger partial charge in [0.1, 0.15) is 5.75 Å². The second kappa shape index (κ2) is 2.94. The lowest BCUT2D eigenvalue weighted by molar-refractivity contribution is 0.426. The summed E-state index contributed by atoms with van der Waals surface area (Å²) < 4.78 is 5.04. The lowest BCUT2D eigenvalue weighted by Gasteiger charge is -1.94. The number of phenolic OH excluding ortho intramolecular Hbond substituents is 1. The van der Waals surface area contributed by atoms with Gasteiger partial charge in [0.05, 0.1) is 5.69 Å². The van der Waals surface area contributed by atoms with E-state index in [1.807, 2.05) is 19.1 Å². The maximum atomic E-state index is 9.22. The van der Waals surface area contributed by atoms with Gasteiger partial charge < -0.3 is 9.63 Å². The Morgan fingerprint density at radius 2 is 2.15 bits per heavy atom. The molecule has 1 N–H and O–H groups in total. The Morgan fingerprint density at radius 1 is 1.31 bits per heavy atom. The molecule has 13 heavy (non-hydrogen) atoms. The van der Waals surface area contributed by atoms with Crippen molar-refractivity contribution >= 4 is 0 Å². The maximum absolute atomic E-state index is 9.22. The summed E-state index contributed by atoms with van der Waals surface area (Å²) in [6, 6.07) is 8.71. The number of benzene rings is 1. The van der Waals surface area contributed by atoms with E-state index in [1.54, 1.807) is 18.2 Å². The normalized spacial score (nSPS) is 10.2. The van der Waals surface area contributed by atoms with E-state index in [2.05, 4.69) is 5.16 Å². The van der Waals surface area contributed by atoms with Crippen molar-refractivity contribution in [2.24, 2.45) is 0 Å². The van der Waals surface area contributed by atoms with E-state index in [-0.39, 0.29) is 5.75 Å². The molecule has 2 rings (SSSR count). The van der Waals surface area contributed by atoms with Crippen LogP contribution in [0, 0.1) is 6.92 Å². The van der Waals surface area contributed by atoms with E-state index in [9.17, 15) is 5.11 Å². The van der Waals surface area contributed by atoms with Crippen molar-refractivity contribution in [3.8, 4) is 17.1 Å². The van der Waals surface area contributed by atoms with Crippen LogP contribution in [-0.4, -0.2) is 10.3 Å². The number of hydrogen-bond donors (Lipinski definition) is 1. The van der Waals surface area contributed by atoms with Gasteiger partial charge in [0, 0.05) is 11.6 Å². The quantitative estimate of drug-likeness (QED) is 0.723. The molecule has 1 aromatic heterocycles. The Labute approximate surface area is 75.6 Å². The number of aromatic nitrogens is 1. The summed E-state index contributed by atoms with van der Waals surface area (Å²) in [5.41, 5.74) is 1.67. The summed E-state index contributed by atoms with van der Waals surface area (Å²) in [6.07, 6.45) is 0. The van der Waals surface area contributed by atoms with Gasteiger partial charge in [-0.1, -0.05) is 17.3 Å². The van der Waals surface area contributed by atoms with Crippen LogP contribution in [0.3, 0.4) is 0 Å². The number of aromatic hydroxyl groups is 1. The molecule has 66 valence electrons. The Kier molecular flexibility index (Phi) is 1.77. The number of rotatable bonds is 1. The fourth-order valence-electron chi connectivity index (χ4n) is 1.16. The van der Waals surface area contributed by atoms with Gasteiger partial charge in [-0.3, -0.25) is 0 Å². The van der Waals surface area contributed by atoms with Crippen LogP contribution in [0.4, 0.5) is 0 Å². The van der Waals surface area contributed by atoms with E-state index in [0.29, 0.717) is 5.76 Å². The van der Waals surface area contributed by atoms with Gasteiger partial charge in [0.2, 0.25) is 0 Å². The minimum absolute atomic E-state index is 0.228. The molecule has 0 atom stereocenters. The smallest absolute Gasteiger partial charge is 0.167 e. The van der Waals surface area contributed by atoms with Crippen LogP contribution < -0.4 is 0 Å². The first kappa shape index (κ1) is 7.86. The second-order valence-electron chi connectivity index (χ2n) is 2.88. The summed E-state index contributed by atoms with van der Waals surface area (Å²) in [6.45, 7) is 1.86. The molecule has 0 aliphatic heterocycles. The Balaban J connectivity index is 2.46. The fraction of sp³-hybridized carbons (Fsp3) is 0.100. The van der Waals surface area contributed by atoms with Crippen LogP contribution in [0.15, 0.2) is 34.9 Å². The zero-order valence-electron chi connectivity index (χ0n) is 7.19. The summed E-state index contributed by atoms with van der Waals surface area (Å²) in [5.74, 6) is 0.903. The highest BCUT2D eigenvalue weighted by Gasteiger charge is 2.03. The van der Waals surface area contributed by atoms with Gasteiger partial charge in [-0.25, -0.2) is 0 Å². The molecule has 0 saturated carbocycles. The van der Waals surface area contributed by atoms with Crippen LogP contribution in [0.2, 0.25) is 0 Å². The molecule has 1 heterocycles. The minimum atomic E-state index is 0.228. The molecule has 0 unspecified atom stereocenters. The van der Waals surface area contributed by atoms with Gasteiger partial charge in [-0.15, -0.1) is 0 Å². The number of phenols is 1. The predicted octanol–water partition coefficient (Wildman–Crippen LogP) is 2.36. The van der Waals surface area contributed by atoms with Crippen molar-refractivity contribution in [1.29, 1.82) is 0 Å². The van der Waals surface area contributed by atoms with Crippen LogP contribution in [-0.2, 0) is 0 Å². The van der Waals surface area contributed by atoms with Crippen LogP contribution >= 0.6 is 0 Å². The topological polar surface area (TPSA) is 46.3 Å². The van der Waals surface area contributed by atoms with E-state index in [1.165, 1.54) is 0 Å². The van der Waals surface area contributed by atoms with Gasteiger partial charge in [-0.2, -0.15) is 0 Å². The van der Waals surface area contributed by atoms with E-state index in [0.717, 1.165) is 11.3 Å². The molecular formula is C10H9NO2. The zero-order valence-corrected chi connectivity index (χ0v) is 7.19. The van der Waals surface area contributed by atoms with Crippen LogP contribution in [0.25, 0.3) is 11.3 Å². The lowest BCUT2D eigenvalue weighted by Crippen LogP contribution is -1.72. The molecule has 3 nitrogen and oxygen atoms in total. The molecule has 0 fully saturated rings. The molecule has 1 aromatic carbocycles. The number of nitrogens with zero attached hydrogens (tertiary/aromatic N) is 1. The molecule has 0 bridgehead atoms. The largest absolute Gasteiger partial charge is 0.508 e. The Hall–Kier alpha value is -1.77. The van der Waals surface area contributed by atoms with Crippen molar-refractivity contribution in [2.45, 2.75) is 6.92 Å². The predicted molar refractivity (Wildman–Crippen MR) is 48.3 cm³/mol. The second-order valence-corrected chi connectivity index (χ2v) is 2.88. The first-order valence-corrected chi connectivity index (χ1v) is 3.98. The highest BCUT2D eigenvalue weighted by molar-refractivity contribution is 5.59. The summed E-state index contributed by atoms with van der Waals surface area (Å²) in [7, 11) is 0. The molecule has 0 radical (unpaired) electrons. The van der Waals surface area contributed by atoms with E-state index in [4.69, 9.17) is 4.52 Å². The zero-order chi connectivity index (χ0) is 9.26. The van der Waals surface area contributed by atoms with Crippen LogP contribution in [0.5, 0.6) is 5.75 Å². The van der Waals surface area contributed by atoms with Crippen molar-refractivity contribution in [1.82, 2.24) is 5.16 Å². The average molecular weight is 175 g/mol. The van der Waals surface area contributed by atoms with Crippen molar-refractivity contribution in [2.75, 3.05) is 0 Å². The van der Waals surface area contributed by atoms with Gasteiger partial charge in [0.25, 0.3) is 0 Å². The molecule has 0 aliphatic carbocycles. The number of hydrogen-bond acceptors (Lipinski definition) is 3. The fourth-order valence-corrected chi connectivity index (χ4v) is 1.16. The average Bonchev–Trinajstić information content (AvgIpc) is 2.52. The van der Waals surface area contributed by atoms with Crippen molar-refractivity contribution < 1.29 is 9.63 Å². The number of aryl methyl sites for hydroxylation is 1.